The van der Waals surface area contributed by atoms with Crippen LogP contribution in [0.2, 0.25) is 0 Å². The van der Waals surface area contributed by atoms with Crippen LogP contribution in [0, 0.1) is 6.92 Å². The lowest BCUT2D eigenvalue weighted by atomic mass is 10.1. The summed E-state index contributed by atoms with van der Waals surface area (Å²) in [6.07, 6.45) is 2.64. The molecule has 5 aromatic carbocycles. The quantitative estimate of drug-likeness (QED) is 0.163. The molecule has 214 valence electrons. The van der Waals surface area contributed by atoms with E-state index in [-0.39, 0.29) is 5.91 Å². The smallest absolute Gasteiger partial charge is 0.266 e. The molecule has 6 rings (SSSR count). The van der Waals surface area contributed by atoms with Gasteiger partial charge < -0.3 is 9.47 Å². The van der Waals surface area contributed by atoms with Crippen molar-refractivity contribution in [1.82, 2.24) is 4.90 Å². The van der Waals surface area contributed by atoms with Crippen LogP contribution >= 0.6 is 11.8 Å². The van der Waals surface area contributed by atoms with Crippen molar-refractivity contribution in [3.63, 3.8) is 0 Å². The van der Waals surface area contributed by atoms with Gasteiger partial charge in [-0.05, 0) is 82.9 Å². The maximum atomic E-state index is 13.7. The molecule has 1 amide bonds. The van der Waals surface area contributed by atoms with Gasteiger partial charge in [0.1, 0.15) is 6.61 Å². The van der Waals surface area contributed by atoms with Gasteiger partial charge in [-0.2, -0.15) is 0 Å². The Kier molecular flexibility index (Phi) is 8.57. The number of fused-ring (bicyclic) bond motifs is 1. The molecule has 0 aromatic heterocycles. The number of carbonyl (C=O) groups excluding carboxylic acids is 1. The first-order chi connectivity index (χ1) is 21.1. The van der Waals surface area contributed by atoms with Crippen molar-refractivity contribution in [2.24, 2.45) is 4.99 Å². The van der Waals surface area contributed by atoms with Crippen molar-refractivity contribution in [3.05, 3.63) is 142 Å². The van der Waals surface area contributed by atoms with Crippen LogP contribution in [0.25, 0.3) is 16.8 Å². The van der Waals surface area contributed by atoms with E-state index >= 15 is 0 Å². The molecule has 0 N–H and O–H groups in total. The average molecular weight is 585 g/mol. The van der Waals surface area contributed by atoms with Crippen LogP contribution < -0.4 is 9.47 Å². The fourth-order valence-corrected chi connectivity index (χ4v) is 6.05. The van der Waals surface area contributed by atoms with Crippen molar-refractivity contribution in [3.8, 4) is 11.5 Å². The lowest BCUT2D eigenvalue weighted by Crippen LogP contribution is -2.31. The van der Waals surface area contributed by atoms with Gasteiger partial charge in [-0.3, -0.25) is 9.69 Å². The summed E-state index contributed by atoms with van der Waals surface area (Å²) in [7, 11) is 1.63. The minimum Gasteiger partial charge on any atom is -0.493 e. The van der Waals surface area contributed by atoms with E-state index in [1.807, 2.05) is 91.9 Å². The number of amidine groups is 1. The molecule has 6 heteroatoms. The number of aliphatic imine (C=N–C) groups is 1. The minimum absolute atomic E-state index is 0.0537. The topological polar surface area (TPSA) is 51.1 Å². The third kappa shape index (κ3) is 6.65. The van der Waals surface area contributed by atoms with E-state index in [9.17, 15) is 4.79 Å². The zero-order valence-electron chi connectivity index (χ0n) is 24.2. The highest BCUT2D eigenvalue weighted by molar-refractivity contribution is 8.18. The standard InChI is InChI=1S/C37H32N2O3S/c1-26-15-18-31(19-16-26)38-37-39(22-21-27-9-4-3-5-10-27)36(40)35(43-37)24-28-17-20-33(34(23-28)41-2)42-25-30-13-8-12-29-11-6-7-14-32(29)30/h3-20,23-24H,21-22,25H2,1-2H3/b35-24+,38-37?. The van der Waals surface area contributed by atoms with Crippen molar-refractivity contribution >= 4 is 45.4 Å². The van der Waals surface area contributed by atoms with E-state index in [0.29, 0.717) is 34.7 Å². The maximum Gasteiger partial charge on any atom is 0.266 e. The van der Waals surface area contributed by atoms with Gasteiger partial charge in [0, 0.05) is 6.54 Å². The van der Waals surface area contributed by atoms with Gasteiger partial charge in [0.25, 0.3) is 5.91 Å². The van der Waals surface area contributed by atoms with Crippen LogP contribution in [-0.2, 0) is 17.8 Å². The Bertz CT molecular complexity index is 1810. The van der Waals surface area contributed by atoms with Crippen LogP contribution in [0.1, 0.15) is 22.3 Å². The fourth-order valence-electron chi connectivity index (χ4n) is 5.02. The summed E-state index contributed by atoms with van der Waals surface area (Å²) < 4.78 is 11.9. The van der Waals surface area contributed by atoms with E-state index in [0.717, 1.165) is 23.2 Å². The molecule has 1 heterocycles. The van der Waals surface area contributed by atoms with Crippen molar-refractivity contribution in [2.75, 3.05) is 13.7 Å². The molecule has 5 nitrogen and oxygen atoms in total. The highest BCUT2D eigenvalue weighted by atomic mass is 32.2. The molecular weight excluding hydrogens is 552 g/mol. The van der Waals surface area contributed by atoms with Crippen LogP contribution in [0.4, 0.5) is 5.69 Å². The van der Waals surface area contributed by atoms with Crippen molar-refractivity contribution < 1.29 is 14.3 Å². The van der Waals surface area contributed by atoms with E-state index in [4.69, 9.17) is 14.5 Å². The maximum absolute atomic E-state index is 13.7. The molecule has 0 aliphatic carbocycles. The third-order valence-electron chi connectivity index (χ3n) is 7.36. The summed E-state index contributed by atoms with van der Waals surface area (Å²) in [5.41, 5.74) is 5.12. The molecule has 1 aliphatic heterocycles. The summed E-state index contributed by atoms with van der Waals surface area (Å²) in [6, 6.07) is 38.5. The highest BCUT2D eigenvalue weighted by Gasteiger charge is 2.33. The van der Waals surface area contributed by atoms with Gasteiger partial charge in [0.15, 0.2) is 16.7 Å². The Morgan fingerprint density at radius 2 is 1.60 bits per heavy atom. The summed E-state index contributed by atoms with van der Waals surface area (Å²) in [6.45, 7) is 3.01. The molecule has 0 saturated carbocycles. The monoisotopic (exact) mass is 584 g/mol. The number of nitrogens with zero attached hydrogens (tertiary/aromatic N) is 2. The summed E-state index contributed by atoms with van der Waals surface area (Å²) in [5, 5.41) is 3.03. The number of ether oxygens (including phenoxy) is 2. The molecule has 5 aromatic rings. The second-order valence-electron chi connectivity index (χ2n) is 10.4. The van der Waals surface area contributed by atoms with Gasteiger partial charge in [0.2, 0.25) is 0 Å². The number of amides is 1. The van der Waals surface area contributed by atoms with Gasteiger partial charge in [-0.25, -0.2) is 4.99 Å². The Morgan fingerprint density at radius 1 is 0.837 bits per heavy atom. The molecular formula is C37H32N2O3S. The molecule has 0 bridgehead atoms. The third-order valence-corrected chi connectivity index (χ3v) is 8.37. The number of carbonyl (C=O) groups is 1. The van der Waals surface area contributed by atoms with E-state index < -0.39 is 0 Å². The molecule has 1 aliphatic rings. The minimum atomic E-state index is -0.0537. The van der Waals surface area contributed by atoms with Crippen LogP contribution in [-0.4, -0.2) is 29.6 Å². The first kappa shape index (κ1) is 28.3. The van der Waals surface area contributed by atoms with Crippen LogP contribution in [0.15, 0.2) is 125 Å². The molecule has 0 radical (unpaired) electrons. The number of benzene rings is 5. The van der Waals surface area contributed by atoms with Crippen molar-refractivity contribution in [2.45, 2.75) is 20.0 Å². The Hall–Kier alpha value is -4.81. The second-order valence-corrected chi connectivity index (χ2v) is 11.4. The number of methoxy groups -OCH3 is 1. The van der Waals surface area contributed by atoms with Crippen LogP contribution in [0.5, 0.6) is 11.5 Å². The number of hydrogen-bond acceptors (Lipinski definition) is 5. The average Bonchev–Trinajstić information content (AvgIpc) is 3.33. The Balaban J connectivity index is 1.24. The lowest BCUT2D eigenvalue weighted by Gasteiger charge is -2.15. The van der Waals surface area contributed by atoms with E-state index in [1.54, 1.807) is 12.0 Å². The van der Waals surface area contributed by atoms with Gasteiger partial charge >= 0.3 is 0 Å². The molecule has 0 spiro atoms. The van der Waals surface area contributed by atoms with Gasteiger partial charge in [-0.1, -0.05) is 96.6 Å². The van der Waals surface area contributed by atoms with E-state index in [1.165, 1.54) is 33.7 Å². The largest absolute Gasteiger partial charge is 0.493 e. The summed E-state index contributed by atoms with van der Waals surface area (Å²) in [4.78, 5) is 20.9. The molecule has 0 unspecified atom stereocenters. The Morgan fingerprint density at radius 3 is 2.42 bits per heavy atom. The number of thioether (sulfide) groups is 1. The SMILES string of the molecule is COc1cc(/C=C2/SC(=Nc3ccc(C)cc3)N(CCc3ccccc3)C2=O)ccc1OCc1cccc2ccccc12. The number of hydrogen-bond donors (Lipinski definition) is 0. The first-order valence-corrected chi connectivity index (χ1v) is 15.1. The first-order valence-electron chi connectivity index (χ1n) is 14.3. The van der Waals surface area contributed by atoms with Gasteiger partial charge in [-0.15, -0.1) is 0 Å². The summed E-state index contributed by atoms with van der Waals surface area (Å²) >= 11 is 1.40. The Labute approximate surface area is 256 Å². The molecule has 1 saturated heterocycles. The molecule has 43 heavy (non-hydrogen) atoms. The molecule has 1 fully saturated rings. The zero-order chi connectivity index (χ0) is 29.6. The highest BCUT2D eigenvalue weighted by Crippen LogP contribution is 2.36. The van der Waals surface area contributed by atoms with Gasteiger partial charge in [0.05, 0.1) is 17.7 Å². The van der Waals surface area contributed by atoms with Crippen molar-refractivity contribution in [1.29, 1.82) is 0 Å². The lowest BCUT2D eigenvalue weighted by molar-refractivity contribution is -0.122. The normalized spacial score (nSPS) is 15.0. The zero-order valence-corrected chi connectivity index (χ0v) is 25.0. The predicted molar refractivity (Wildman–Crippen MR) is 177 cm³/mol. The summed E-state index contributed by atoms with van der Waals surface area (Å²) in [5.74, 6) is 1.20. The van der Waals surface area contributed by atoms with Crippen LogP contribution in [0.3, 0.4) is 0 Å². The predicted octanol–water partition coefficient (Wildman–Crippen LogP) is 8.58. The number of rotatable bonds is 9. The van der Waals surface area contributed by atoms with E-state index in [2.05, 4.69) is 36.4 Å². The molecule has 0 atom stereocenters. The fraction of sp³-hybridized carbons (Fsp3) is 0.135. The second kappa shape index (κ2) is 13.0. The number of aryl methyl sites for hydroxylation is 1.